The largest absolute Gasteiger partial charge is 0.469 e. The van der Waals surface area contributed by atoms with Gasteiger partial charge < -0.3 is 9.47 Å². The van der Waals surface area contributed by atoms with Crippen molar-refractivity contribution in [2.24, 2.45) is 0 Å². The van der Waals surface area contributed by atoms with Crippen LogP contribution in [0.3, 0.4) is 0 Å². The van der Waals surface area contributed by atoms with Crippen LogP contribution in [0.2, 0.25) is 0 Å². The van der Waals surface area contributed by atoms with Crippen molar-refractivity contribution in [1.29, 1.82) is 0 Å². The molecule has 0 fully saturated rings. The first kappa shape index (κ1) is 13.2. The molecule has 0 aliphatic heterocycles. The molecule has 0 unspecified atom stereocenters. The van der Waals surface area contributed by atoms with Crippen LogP contribution in [-0.2, 0) is 31.9 Å². The first-order valence-corrected chi connectivity index (χ1v) is 5.29. The predicted octanol–water partition coefficient (Wildman–Crippen LogP) is 1.43. The van der Waals surface area contributed by atoms with Crippen molar-refractivity contribution in [3.8, 4) is 0 Å². The molecule has 0 saturated carbocycles. The van der Waals surface area contributed by atoms with Gasteiger partial charge in [0, 0.05) is 0 Å². The lowest BCUT2D eigenvalue weighted by Crippen LogP contribution is -2.08. The van der Waals surface area contributed by atoms with Gasteiger partial charge in [-0.05, 0) is 23.6 Å². The molecule has 1 aromatic rings. The van der Waals surface area contributed by atoms with E-state index in [9.17, 15) is 9.59 Å². The molecule has 0 saturated heterocycles. The summed E-state index contributed by atoms with van der Waals surface area (Å²) in [5, 5.41) is 0. The molecule has 0 aliphatic rings. The summed E-state index contributed by atoms with van der Waals surface area (Å²) in [7, 11) is 2.73. The summed E-state index contributed by atoms with van der Waals surface area (Å²) in [6.45, 7) is 1.90. The fourth-order valence-electron chi connectivity index (χ4n) is 1.53. The average Bonchev–Trinajstić information content (AvgIpc) is 2.32. The molecule has 0 atom stereocenters. The Kier molecular flexibility index (Phi) is 4.69. The van der Waals surface area contributed by atoms with Gasteiger partial charge in [0.1, 0.15) is 0 Å². The van der Waals surface area contributed by atoms with E-state index in [1.54, 1.807) is 0 Å². The lowest BCUT2D eigenvalue weighted by molar-refractivity contribution is -0.140. The molecule has 0 aliphatic carbocycles. The van der Waals surface area contributed by atoms with Crippen LogP contribution in [0, 0.1) is 6.92 Å². The van der Waals surface area contributed by atoms with Gasteiger partial charge in [0.15, 0.2) is 0 Å². The van der Waals surface area contributed by atoms with Crippen LogP contribution in [0.1, 0.15) is 16.7 Å². The molecule has 0 bridgehead atoms. The third-order valence-corrected chi connectivity index (χ3v) is 2.55. The van der Waals surface area contributed by atoms with Crippen LogP contribution in [-0.4, -0.2) is 26.2 Å². The second-order valence-electron chi connectivity index (χ2n) is 3.77. The van der Waals surface area contributed by atoms with Crippen molar-refractivity contribution < 1.29 is 19.1 Å². The summed E-state index contributed by atoms with van der Waals surface area (Å²) in [6, 6.07) is 5.54. The molecule has 4 heteroatoms. The third kappa shape index (κ3) is 3.90. The lowest BCUT2D eigenvalue weighted by atomic mass is 10.0. The number of esters is 2. The molecule has 4 nitrogen and oxygen atoms in total. The Balaban J connectivity index is 2.79. The molecule has 0 radical (unpaired) electrons. The molecular formula is C13H16O4. The van der Waals surface area contributed by atoms with E-state index in [-0.39, 0.29) is 24.8 Å². The molecule has 92 valence electrons. The van der Waals surface area contributed by atoms with Crippen molar-refractivity contribution in [1.82, 2.24) is 0 Å². The molecule has 0 heterocycles. The van der Waals surface area contributed by atoms with Crippen molar-refractivity contribution in [2.75, 3.05) is 14.2 Å². The third-order valence-electron chi connectivity index (χ3n) is 2.55. The minimum atomic E-state index is -0.273. The Hall–Kier alpha value is -1.84. The van der Waals surface area contributed by atoms with E-state index < -0.39 is 0 Å². The maximum atomic E-state index is 11.1. The van der Waals surface area contributed by atoms with E-state index in [0.717, 1.165) is 16.7 Å². The van der Waals surface area contributed by atoms with Crippen molar-refractivity contribution in [3.63, 3.8) is 0 Å². The fraction of sp³-hybridized carbons (Fsp3) is 0.385. The van der Waals surface area contributed by atoms with Gasteiger partial charge in [-0.2, -0.15) is 0 Å². The van der Waals surface area contributed by atoms with E-state index in [4.69, 9.17) is 0 Å². The monoisotopic (exact) mass is 236 g/mol. The second-order valence-corrected chi connectivity index (χ2v) is 3.77. The molecule has 1 aromatic carbocycles. The Bertz CT molecular complexity index is 423. The van der Waals surface area contributed by atoms with Gasteiger partial charge >= 0.3 is 11.9 Å². The lowest BCUT2D eigenvalue weighted by Gasteiger charge is -2.07. The molecule has 0 amide bonds. The highest BCUT2D eigenvalue weighted by Gasteiger charge is 2.08. The van der Waals surface area contributed by atoms with Gasteiger partial charge in [0.25, 0.3) is 0 Å². The number of aryl methyl sites for hydroxylation is 1. The number of carbonyl (C=O) groups excluding carboxylic acids is 2. The Morgan fingerprint density at radius 3 is 2.18 bits per heavy atom. The molecule has 0 spiro atoms. The number of rotatable bonds is 4. The highest BCUT2D eigenvalue weighted by Crippen LogP contribution is 2.13. The predicted molar refractivity (Wildman–Crippen MR) is 62.6 cm³/mol. The maximum Gasteiger partial charge on any atom is 0.309 e. The Morgan fingerprint density at radius 1 is 1.06 bits per heavy atom. The number of benzene rings is 1. The topological polar surface area (TPSA) is 52.6 Å². The fourth-order valence-corrected chi connectivity index (χ4v) is 1.53. The normalized spacial score (nSPS) is 9.82. The SMILES string of the molecule is COC(=O)Cc1ccc(CC(=O)OC)c(C)c1. The van der Waals surface area contributed by atoms with E-state index in [2.05, 4.69) is 9.47 Å². The van der Waals surface area contributed by atoms with E-state index in [1.165, 1.54) is 14.2 Å². The van der Waals surface area contributed by atoms with E-state index in [1.807, 2.05) is 25.1 Å². The molecule has 0 aromatic heterocycles. The van der Waals surface area contributed by atoms with E-state index >= 15 is 0 Å². The van der Waals surface area contributed by atoms with Crippen LogP contribution >= 0.6 is 0 Å². The zero-order valence-electron chi connectivity index (χ0n) is 10.3. The minimum absolute atomic E-state index is 0.246. The van der Waals surface area contributed by atoms with Gasteiger partial charge in [-0.15, -0.1) is 0 Å². The van der Waals surface area contributed by atoms with Crippen LogP contribution in [0.4, 0.5) is 0 Å². The first-order chi connectivity index (χ1) is 8.06. The minimum Gasteiger partial charge on any atom is -0.469 e. The molecular weight excluding hydrogens is 220 g/mol. The van der Waals surface area contributed by atoms with Gasteiger partial charge in [0.2, 0.25) is 0 Å². The Morgan fingerprint density at radius 2 is 1.65 bits per heavy atom. The summed E-state index contributed by atoms with van der Waals surface area (Å²) < 4.78 is 9.20. The van der Waals surface area contributed by atoms with Gasteiger partial charge in [-0.1, -0.05) is 18.2 Å². The maximum absolute atomic E-state index is 11.1. The quantitative estimate of drug-likeness (QED) is 0.742. The van der Waals surface area contributed by atoms with Crippen molar-refractivity contribution in [2.45, 2.75) is 19.8 Å². The summed E-state index contributed by atoms with van der Waals surface area (Å²) in [5.74, 6) is -0.543. The molecule has 1 rings (SSSR count). The highest BCUT2D eigenvalue weighted by molar-refractivity contribution is 5.74. The van der Waals surface area contributed by atoms with Crippen LogP contribution in [0.15, 0.2) is 18.2 Å². The van der Waals surface area contributed by atoms with Crippen molar-refractivity contribution >= 4 is 11.9 Å². The van der Waals surface area contributed by atoms with Crippen LogP contribution in [0.5, 0.6) is 0 Å². The number of carbonyl (C=O) groups is 2. The van der Waals surface area contributed by atoms with Crippen LogP contribution in [0.25, 0.3) is 0 Å². The summed E-state index contributed by atoms with van der Waals surface area (Å²) in [6.07, 6.45) is 0.497. The molecule has 0 N–H and O–H groups in total. The number of ether oxygens (including phenoxy) is 2. The second kappa shape index (κ2) is 6.03. The summed E-state index contributed by atoms with van der Waals surface area (Å²) in [5.41, 5.74) is 2.75. The summed E-state index contributed by atoms with van der Waals surface area (Å²) >= 11 is 0. The number of hydrogen-bond acceptors (Lipinski definition) is 4. The van der Waals surface area contributed by atoms with Crippen molar-refractivity contribution in [3.05, 3.63) is 34.9 Å². The van der Waals surface area contributed by atoms with Gasteiger partial charge in [-0.25, -0.2) is 0 Å². The number of hydrogen-bond donors (Lipinski definition) is 0. The van der Waals surface area contributed by atoms with Crippen LogP contribution < -0.4 is 0 Å². The van der Waals surface area contributed by atoms with E-state index in [0.29, 0.717) is 0 Å². The first-order valence-electron chi connectivity index (χ1n) is 5.29. The zero-order valence-corrected chi connectivity index (χ0v) is 10.3. The average molecular weight is 236 g/mol. The van der Waals surface area contributed by atoms with Gasteiger partial charge in [-0.3, -0.25) is 9.59 Å². The summed E-state index contributed by atoms with van der Waals surface area (Å²) in [4.78, 5) is 22.3. The standard InChI is InChI=1S/C13H16O4/c1-9-6-10(7-12(14)16-2)4-5-11(9)8-13(15)17-3/h4-6H,7-8H2,1-3H3. The Labute approximate surface area is 101 Å². The smallest absolute Gasteiger partial charge is 0.309 e. The van der Waals surface area contributed by atoms with Gasteiger partial charge in [0.05, 0.1) is 27.1 Å². The number of methoxy groups -OCH3 is 2. The zero-order chi connectivity index (χ0) is 12.8. The highest BCUT2D eigenvalue weighted by atomic mass is 16.5. The molecule has 17 heavy (non-hydrogen) atoms.